The molecule has 2 nitrogen and oxygen atoms in total. The van der Waals surface area contributed by atoms with E-state index in [1.54, 1.807) is 0 Å². The predicted octanol–water partition coefficient (Wildman–Crippen LogP) is 2.35. The predicted molar refractivity (Wildman–Crippen MR) is 49.7 cm³/mol. The molecule has 0 bridgehead atoms. The first-order valence-electron chi connectivity index (χ1n) is 3.79. The zero-order valence-electron chi connectivity index (χ0n) is 7.26. The molecule has 0 fully saturated rings. The summed E-state index contributed by atoms with van der Waals surface area (Å²) in [4.78, 5) is 0. The van der Waals surface area contributed by atoms with E-state index in [0.717, 1.165) is 0 Å². The molecule has 0 amide bonds. The molecule has 0 aliphatic rings. The second-order valence-electron chi connectivity index (χ2n) is 1.95. The Morgan fingerprint density at radius 2 is 1.73 bits per heavy atom. The van der Waals surface area contributed by atoms with Crippen LogP contribution < -0.4 is 0 Å². The summed E-state index contributed by atoms with van der Waals surface area (Å²) < 4.78 is 10.6. The van der Waals surface area contributed by atoms with Crippen LogP contribution in [0.5, 0.6) is 0 Å². The fraction of sp³-hybridized carbons (Fsp3) is 0.714. The third-order valence-corrected chi connectivity index (χ3v) is 4.18. The molecule has 0 atom stereocenters. The standard InChI is InChI=1S/C7H15ClO2Si/c1-4-7-11(8,9-5-2)10-6-3/h4,7H,5-6H2,1-3H3. The summed E-state index contributed by atoms with van der Waals surface area (Å²) in [5, 5.41) is 0. The van der Waals surface area contributed by atoms with Crippen molar-refractivity contribution in [3.05, 3.63) is 11.8 Å². The lowest BCUT2D eigenvalue weighted by Gasteiger charge is -2.18. The molecule has 0 aliphatic heterocycles. The molecule has 0 N–H and O–H groups in total. The zero-order chi connectivity index (χ0) is 8.74. The van der Waals surface area contributed by atoms with Crippen molar-refractivity contribution in [3.63, 3.8) is 0 Å². The maximum atomic E-state index is 6.05. The van der Waals surface area contributed by atoms with Gasteiger partial charge in [0.2, 0.25) is 0 Å². The molecule has 0 heterocycles. The van der Waals surface area contributed by atoms with Gasteiger partial charge in [-0.2, -0.15) is 0 Å². The minimum absolute atomic E-state index is 0.597. The summed E-state index contributed by atoms with van der Waals surface area (Å²) >= 11 is 6.05. The molecule has 11 heavy (non-hydrogen) atoms. The van der Waals surface area contributed by atoms with Crippen LogP contribution in [0.15, 0.2) is 11.8 Å². The van der Waals surface area contributed by atoms with Crippen molar-refractivity contribution in [1.82, 2.24) is 0 Å². The molecule has 0 spiro atoms. The molecular weight excluding hydrogens is 180 g/mol. The van der Waals surface area contributed by atoms with E-state index in [0.29, 0.717) is 13.2 Å². The van der Waals surface area contributed by atoms with Crippen molar-refractivity contribution in [3.8, 4) is 0 Å². The lowest BCUT2D eigenvalue weighted by atomic mass is 10.8. The molecule has 0 saturated carbocycles. The summed E-state index contributed by atoms with van der Waals surface area (Å²) in [6, 6.07) is 0. The summed E-state index contributed by atoms with van der Waals surface area (Å²) in [6.07, 6.45) is 1.87. The largest absolute Gasteiger partial charge is 0.470 e. The number of halogens is 1. The quantitative estimate of drug-likeness (QED) is 0.494. The molecule has 0 aromatic heterocycles. The number of hydrogen-bond acceptors (Lipinski definition) is 2. The monoisotopic (exact) mass is 194 g/mol. The first-order valence-corrected chi connectivity index (χ1v) is 6.69. The maximum absolute atomic E-state index is 6.05. The van der Waals surface area contributed by atoms with Gasteiger partial charge in [0.15, 0.2) is 0 Å². The molecule has 0 unspecified atom stereocenters. The second kappa shape index (κ2) is 5.77. The average Bonchev–Trinajstić information content (AvgIpc) is 1.88. The Labute approximate surface area is 74.1 Å². The third-order valence-electron chi connectivity index (χ3n) is 1.05. The Morgan fingerprint density at radius 3 is 2.00 bits per heavy atom. The van der Waals surface area contributed by atoms with Gasteiger partial charge in [-0.25, -0.2) is 0 Å². The average molecular weight is 195 g/mol. The highest BCUT2D eigenvalue weighted by molar-refractivity contribution is 7.15. The van der Waals surface area contributed by atoms with Crippen LogP contribution in [0.1, 0.15) is 20.8 Å². The van der Waals surface area contributed by atoms with E-state index in [1.807, 2.05) is 32.5 Å². The number of rotatable bonds is 5. The van der Waals surface area contributed by atoms with E-state index in [4.69, 9.17) is 19.9 Å². The van der Waals surface area contributed by atoms with Crippen molar-refractivity contribution < 1.29 is 8.85 Å². The molecular formula is C7H15ClO2Si. The SMILES string of the molecule is CC=C[Si](Cl)(OCC)OCC. The van der Waals surface area contributed by atoms with Crippen LogP contribution in [0.25, 0.3) is 0 Å². The zero-order valence-corrected chi connectivity index (χ0v) is 9.02. The first-order chi connectivity index (χ1) is 5.18. The molecule has 0 aromatic carbocycles. The van der Waals surface area contributed by atoms with Crippen molar-refractivity contribution >= 4 is 18.9 Å². The molecule has 4 heteroatoms. The van der Waals surface area contributed by atoms with Crippen LogP contribution in [0.3, 0.4) is 0 Å². The maximum Gasteiger partial charge on any atom is 0.470 e. The van der Waals surface area contributed by atoms with E-state index in [2.05, 4.69) is 0 Å². The lowest BCUT2D eigenvalue weighted by molar-refractivity contribution is 0.214. The minimum atomic E-state index is -2.46. The van der Waals surface area contributed by atoms with Gasteiger partial charge in [-0.15, -0.1) is 0 Å². The van der Waals surface area contributed by atoms with Crippen LogP contribution in [-0.4, -0.2) is 21.1 Å². The van der Waals surface area contributed by atoms with Crippen LogP contribution in [-0.2, 0) is 8.85 Å². The van der Waals surface area contributed by atoms with Crippen molar-refractivity contribution in [2.45, 2.75) is 20.8 Å². The van der Waals surface area contributed by atoms with Crippen LogP contribution in [0, 0.1) is 0 Å². The molecule has 0 aliphatic carbocycles. The highest BCUT2D eigenvalue weighted by Gasteiger charge is 2.31. The van der Waals surface area contributed by atoms with E-state index in [9.17, 15) is 0 Å². The molecule has 0 radical (unpaired) electrons. The Hall–Kier alpha value is 0.167. The third kappa shape index (κ3) is 4.58. The number of hydrogen-bond donors (Lipinski definition) is 0. The second-order valence-corrected chi connectivity index (χ2v) is 5.60. The summed E-state index contributed by atoms with van der Waals surface area (Å²) in [7, 11) is -2.46. The highest BCUT2D eigenvalue weighted by atomic mass is 35.6. The Morgan fingerprint density at radius 1 is 1.27 bits per heavy atom. The van der Waals surface area contributed by atoms with Crippen LogP contribution in [0.4, 0.5) is 0 Å². The first kappa shape index (κ1) is 11.2. The van der Waals surface area contributed by atoms with Gasteiger partial charge in [0.05, 0.1) is 0 Å². The Kier molecular flexibility index (Phi) is 5.86. The van der Waals surface area contributed by atoms with Gasteiger partial charge in [-0.1, -0.05) is 17.2 Å². The van der Waals surface area contributed by atoms with Gasteiger partial charge in [-0.3, -0.25) is 0 Å². The normalized spacial score (nSPS) is 12.7. The summed E-state index contributed by atoms with van der Waals surface area (Å²) in [5.41, 5.74) is 1.82. The van der Waals surface area contributed by atoms with E-state index in [1.165, 1.54) is 0 Å². The van der Waals surface area contributed by atoms with Gasteiger partial charge in [0, 0.05) is 13.2 Å². The fourth-order valence-electron chi connectivity index (χ4n) is 0.731. The molecule has 66 valence electrons. The van der Waals surface area contributed by atoms with Crippen LogP contribution in [0.2, 0.25) is 0 Å². The minimum Gasteiger partial charge on any atom is -0.380 e. The van der Waals surface area contributed by atoms with E-state index in [-0.39, 0.29) is 0 Å². The molecule has 0 saturated heterocycles. The van der Waals surface area contributed by atoms with Gasteiger partial charge in [0.25, 0.3) is 0 Å². The Bertz CT molecular complexity index is 122. The van der Waals surface area contributed by atoms with Gasteiger partial charge >= 0.3 is 7.87 Å². The fourth-order valence-corrected chi connectivity index (χ4v) is 3.22. The smallest absolute Gasteiger partial charge is 0.380 e. The van der Waals surface area contributed by atoms with Crippen molar-refractivity contribution in [1.29, 1.82) is 0 Å². The van der Waals surface area contributed by atoms with E-state index < -0.39 is 7.87 Å². The molecule has 0 rings (SSSR count). The lowest BCUT2D eigenvalue weighted by Crippen LogP contribution is -2.34. The highest BCUT2D eigenvalue weighted by Crippen LogP contribution is 2.14. The topological polar surface area (TPSA) is 18.5 Å². The van der Waals surface area contributed by atoms with Gasteiger partial charge < -0.3 is 8.85 Å². The van der Waals surface area contributed by atoms with Crippen LogP contribution >= 0.6 is 11.1 Å². The summed E-state index contributed by atoms with van der Waals surface area (Å²) in [5.74, 6) is 0. The Balaban J connectivity index is 4.01. The summed E-state index contributed by atoms with van der Waals surface area (Å²) in [6.45, 7) is 6.92. The molecule has 0 aromatic rings. The van der Waals surface area contributed by atoms with Crippen molar-refractivity contribution in [2.75, 3.05) is 13.2 Å². The van der Waals surface area contributed by atoms with Gasteiger partial charge in [-0.05, 0) is 26.5 Å². The number of allylic oxidation sites excluding steroid dienone is 1. The van der Waals surface area contributed by atoms with Crippen molar-refractivity contribution in [2.24, 2.45) is 0 Å². The van der Waals surface area contributed by atoms with E-state index >= 15 is 0 Å². The van der Waals surface area contributed by atoms with Gasteiger partial charge in [0.1, 0.15) is 0 Å².